The zero-order valence-electron chi connectivity index (χ0n) is 64.0. The van der Waals surface area contributed by atoms with Gasteiger partial charge in [-0.05, 0) is 0 Å². The molecule has 0 nitrogen and oxygen atoms in total. The Kier molecular flexibility index (Phi) is 1380. The number of hydrogen-bond acceptors (Lipinski definition) is 0. The quantitative estimate of drug-likeness (QED) is 0.212. The van der Waals surface area contributed by atoms with Crippen LogP contribution in [0.3, 0.4) is 0 Å². The van der Waals surface area contributed by atoms with Crippen LogP contribution < -0.4 is 1640 Å². The zero-order valence-corrected chi connectivity index (χ0v) is 132. The normalized spacial score (nSPS) is 0. The Morgan fingerprint density at radius 1 is 0.0625 bits per heavy atom. The van der Waals surface area contributed by atoms with Crippen molar-refractivity contribution in [2.45, 2.75) is 0 Å². The first-order chi connectivity index (χ1) is 0. The second-order valence-corrected chi connectivity index (χ2v) is 0. The van der Waals surface area contributed by atoms with Crippen LogP contribution in [0.5, 0.6) is 0 Å². The van der Waals surface area contributed by atoms with Crippen LogP contribution in [-0.2, 0) is 0 Å². The molecule has 0 saturated heterocycles. The Morgan fingerprint density at radius 3 is 0.0625 bits per heavy atom. The van der Waals surface area contributed by atoms with Crippen LogP contribution in [-0.4, -0.2) is 0 Å². The molecule has 0 bridgehead atoms. The molecule has 32 heteroatoms. The summed E-state index contributed by atoms with van der Waals surface area (Å²) in [5, 5.41) is 0. The summed E-state index contributed by atoms with van der Waals surface area (Å²) in [6, 6.07) is 0. The summed E-state index contributed by atoms with van der Waals surface area (Å²) in [5.74, 6) is 0. The second-order valence-electron chi connectivity index (χ2n) is 0. The van der Waals surface area contributed by atoms with Crippen LogP contribution in [0.1, 0.15) is 45.7 Å². The molecule has 0 aromatic heterocycles. The number of rotatable bonds is 0. The van der Waals surface area contributed by atoms with E-state index < -0.39 is 0 Å². The summed E-state index contributed by atoms with van der Waals surface area (Å²) >= 11 is 0. The average molecular weight is 1280 g/mol. The molecule has 0 aromatic carbocycles. The summed E-state index contributed by atoms with van der Waals surface area (Å²) in [7, 11) is 0. The minimum Gasteiger partial charge on any atom is -1.00 e. The number of hydrogen-bond donors (Lipinski definition) is 0. The monoisotopic (exact) mass is 1280 g/mol. The molecular weight excluding hydrogens is 1250 g/mol. The van der Waals surface area contributed by atoms with Crippen molar-refractivity contribution < 1.29 is 1690 Å². The Balaban J connectivity index is 0. The van der Waals surface area contributed by atoms with Crippen LogP contribution in [0.15, 0.2) is 0 Å². The summed E-state index contributed by atoms with van der Waals surface area (Å²) in [4.78, 5) is 0. The maximum atomic E-state index is 0. The van der Waals surface area contributed by atoms with E-state index in [4.69, 9.17) is 0 Å². The predicted molar refractivity (Wildman–Crippen MR) is 35.6 cm³/mol. The van der Waals surface area contributed by atoms with E-state index in [9.17, 15) is 0 Å². The first-order valence-electron chi connectivity index (χ1n) is 0. The molecule has 0 unspecified atom stereocenters. The molecule has 0 fully saturated rings. The summed E-state index contributed by atoms with van der Waals surface area (Å²) in [6.45, 7) is 0. The van der Waals surface area contributed by atoms with Gasteiger partial charge in [-0.3, -0.25) is 0 Å². The fourth-order valence-corrected chi connectivity index (χ4v) is 0. The van der Waals surface area contributed by atoms with Gasteiger partial charge in [0.15, 0.2) is 0 Å². The molecule has 32 heavy (non-hydrogen) atoms. The van der Waals surface area contributed by atoms with Gasteiger partial charge < -0.3 is 45.7 Å². The molecule has 0 aliphatic rings. The molecule has 0 aromatic rings. The predicted octanol–water partition coefficient (Wildman–Crippen LogP) is -92.3. The zero-order chi connectivity index (χ0) is 0. The van der Waals surface area contributed by atoms with Gasteiger partial charge in [-0.15, -0.1) is 0 Å². The van der Waals surface area contributed by atoms with E-state index in [2.05, 4.69) is 0 Å². The van der Waals surface area contributed by atoms with Gasteiger partial charge in [0.25, 0.3) is 0 Å². The first-order valence-corrected chi connectivity index (χ1v) is 0. The fraction of sp³-hybridized carbons (Fsp3) is 0. The third-order valence-electron chi connectivity index (χ3n) is 0. The van der Waals surface area contributed by atoms with Gasteiger partial charge in [-0.2, -0.15) is 0 Å². The van der Waals surface area contributed by atoms with Crippen LogP contribution in [0.25, 0.3) is 0 Å². The third kappa shape index (κ3) is 199. The largest absolute Gasteiger partial charge is 1.00 e. The second kappa shape index (κ2) is 206. The minimum atomic E-state index is 0. The minimum absolute atomic E-state index is 0. The van der Waals surface area contributed by atoms with Crippen LogP contribution in [0.4, 0.5) is 0 Å². The Labute approximate surface area is 1610 Å². The van der Waals surface area contributed by atoms with Gasteiger partial charge in [0, 0.05) is 0 Å². The molecule has 0 heterocycles. The van der Waals surface area contributed by atoms with Crippen molar-refractivity contribution in [2.24, 2.45) is 0 Å². The molecule has 0 amide bonds. The molecule has 0 atom stereocenters. The maximum absolute atomic E-state index is 0. The summed E-state index contributed by atoms with van der Waals surface area (Å²) in [5.41, 5.74) is 0. The molecule has 0 radical (unpaired) electrons. The van der Waals surface area contributed by atoms with Crippen molar-refractivity contribution in [3.63, 3.8) is 0 Å². The van der Waals surface area contributed by atoms with E-state index in [0.717, 1.165) is 0 Å². The Morgan fingerprint density at radius 2 is 0.0625 bits per heavy atom. The van der Waals surface area contributed by atoms with Crippen molar-refractivity contribution in [3.8, 4) is 0 Å². The standard InChI is InChI=1S/32K.32H/q32*+1;32*-1. The summed E-state index contributed by atoms with van der Waals surface area (Å²) in [6.07, 6.45) is 0. The fourth-order valence-electron chi connectivity index (χ4n) is 0. The van der Waals surface area contributed by atoms with Crippen molar-refractivity contribution >= 4 is 0 Å². The van der Waals surface area contributed by atoms with E-state index in [1.165, 1.54) is 0 Å². The molecule has 0 N–H and O–H groups in total. The Hall–Kier alpha value is 52.4. The van der Waals surface area contributed by atoms with Crippen molar-refractivity contribution in [1.29, 1.82) is 0 Å². The SMILES string of the molecule is [H-].[H-].[H-].[H-].[H-].[H-].[H-].[H-].[H-].[H-].[H-].[H-].[H-].[H-].[H-].[H-].[H-].[H-].[H-].[H-].[H-].[H-].[H-].[H-].[H-].[H-].[H-].[H-].[H-].[H-].[H-].[H-].[K+].[K+].[K+].[K+].[K+].[K+].[K+].[K+].[K+].[K+].[K+].[K+].[K+].[K+].[K+].[K+].[K+].[K+].[K+].[K+].[K+].[K+].[K+].[K+].[K+].[K+].[K+].[K+].[K+].[K+].[K+].[K+]. The van der Waals surface area contributed by atoms with E-state index >= 15 is 0 Å². The van der Waals surface area contributed by atoms with Crippen LogP contribution in [0.2, 0.25) is 0 Å². The van der Waals surface area contributed by atoms with Crippen LogP contribution >= 0.6 is 0 Å². The van der Waals surface area contributed by atoms with E-state index in [1.807, 2.05) is 0 Å². The first kappa shape index (κ1) is 214. The van der Waals surface area contributed by atoms with E-state index in [0.29, 0.717) is 0 Å². The van der Waals surface area contributed by atoms with Crippen molar-refractivity contribution in [3.05, 3.63) is 0 Å². The van der Waals surface area contributed by atoms with Crippen molar-refractivity contribution in [2.75, 3.05) is 0 Å². The molecule has 0 spiro atoms. The van der Waals surface area contributed by atoms with Gasteiger partial charge >= 0.3 is 1640 Å². The smallest absolute Gasteiger partial charge is 1.00 e. The topological polar surface area (TPSA) is 0 Å². The molecule has 0 saturated carbocycles. The maximum Gasteiger partial charge on any atom is 1.00 e. The molecular formula is H32K32. The van der Waals surface area contributed by atoms with Crippen LogP contribution in [0, 0.1) is 0 Å². The van der Waals surface area contributed by atoms with Gasteiger partial charge in [0.1, 0.15) is 0 Å². The summed E-state index contributed by atoms with van der Waals surface area (Å²) < 4.78 is 0. The Bertz CT molecular complexity index is 64.0. The molecule has 64 valence electrons. The van der Waals surface area contributed by atoms with Gasteiger partial charge in [0.05, 0.1) is 0 Å². The third-order valence-corrected chi connectivity index (χ3v) is 0. The van der Waals surface area contributed by atoms with Gasteiger partial charge in [-0.1, -0.05) is 0 Å². The molecule has 0 aliphatic heterocycles. The molecule has 0 aliphatic carbocycles. The van der Waals surface area contributed by atoms with Gasteiger partial charge in [-0.25, -0.2) is 0 Å². The van der Waals surface area contributed by atoms with E-state index in [-0.39, 0.29) is 1690 Å². The molecule has 0 rings (SSSR count). The average Bonchev–Trinajstić information content (AvgIpc) is 0. The van der Waals surface area contributed by atoms with E-state index in [1.54, 1.807) is 0 Å². The van der Waals surface area contributed by atoms with Gasteiger partial charge in [0.2, 0.25) is 0 Å². The van der Waals surface area contributed by atoms with Crippen molar-refractivity contribution in [1.82, 2.24) is 0 Å².